The van der Waals surface area contributed by atoms with Crippen molar-refractivity contribution in [3.8, 4) is 5.75 Å². The summed E-state index contributed by atoms with van der Waals surface area (Å²) in [6.45, 7) is 5.49. The average Bonchev–Trinajstić information content (AvgIpc) is 2.78. The fraction of sp³-hybridized carbons (Fsp3) is 0.731. The number of unbranched alkanes of at least 4 members (excludes halogenated alkanes) is 7. The minimum Gasteiger partial charge on any atom is -0.494 e. The van der Waals surface area contributed by atoms with E-state index in [4.69, 9.17) is 14.2 Å². The van der Waals surface area contributed by atoms with Crippen LogP contribution >= 0.6 is 0 Å². The maximum Gasteiger partial charge on any atom is 0.508 e. The van der Waals surface area contributed by atoms with E-state index < -0.39 is 11.8 Å². The molecule has 2 rings (SSSR count). The summed E-state index contributed by atoms with van der Waals surface area (Å²) < 4.78 is 16.4. The lowest BCUT2D eigenvalue weighted by Gasteiger charge is -2.36. The Balaban J connectivity index is 1.68. The smallest absolute Gasteiger partial charge is 0.494 e. The van der Waals surface area contributed by atoms with Gasteiger partial charge in [0.25, 0.3) is 0 Å². The molecular formula is C26H42O5. The van der Waals surface area contributed by atoms with Crippen LogP contribution in [0.1, 0.15) is 103 Å². The molecule has 0 atom stereocenters. The Bertz CT molecular complexity index is 605. The monoisotopic (exact) mass is 434 g/mol. The highest BCUT2D eigenvalue weighted by Gasteiger charge is 2.36. The van der Waals surface area contributed by atoms with Crippen LogP contribution in [0.25, 0.3) is 0 Å². The van der Waals surface area contributed by atoms with Crippen molar-refractivity contribution in [3.05, 3.63) is 29.8 Å². The van der Waals surface area contributed by atoms with E-state index in [1.807, 2.05) is 24.3 Å². The van der Waals surface area contributed by atoms with Gasteiger partial charge in [-0.05, 0) is 56.2 Å². The summed E-state index contributed by atoms with van der Waals surface area (Å²) in [7, 11) is 0. The van der Waals surface area contributed by atoms with Crippen molar-refractivity contribution in [2.75, 3.05) is 13.2 Å². The summed E-state index contributed by atoms with van der Waals surface area (Å²) in [4.78, 5) is 11.8. The van der Waals surface area contributed by atoms with Crippen molar-refractivity contribution in [1.82, 2.24) is 0 Å². The molecule has 1 aliphatic carbocycles. The Morgan fingerprint density at radius 3 is 2.16 bits per heavy atom. The van der Waals surface area contributed by atoms with Gasteiger partial charge in [0, 0.05) is 0 Å². The van der Waals surface area contributed by atoms with Gasteiger partial charge in [-0.1, -0.05) is 70.9 Å². The molecule has 5 heteroatoms. The molecule has 31 heavy (non-hydrogen) atoms. The second-order valence-electron chi connectivity index (χ2n) is 8.79. The van der Waals surface area contributed by atoms with Crippen LogP contribution in [0.5, 0.6) is 5.75 Å². The number of rotatable bonds is 14. The van der Waals surface area contributed by atoms with Gasteiger partial charge in [0.1, 0.15) is 11.9 Å². The van der Waals surface area contributed by atoms with E-state index in [-0.39, 0.29) is 6.10 Å². The first-order chi connectivity index (χ1) is 15.1. The van der Waals surface area contributed by atoms with Crippen molar-refractivity contribution in [2.45, 2.75) is 109 Å². The number of hydrogen-bond donors (Lipinski definition) is 1. The Hall–Kier alpha value is -1.75. The van der Waals surface area contributed by atoms with Gasteiger partial charge >= 0.3 is 6.16 Å². The van der Waals surface area contributed by atoms with Crippen LogP contribution < -0.4 is 4.74 Å². The van der Waals surface area contributed by atoms with Crippen LogP contribution in [0.3, 0.4) is 0 Å². The Morgan fingerprint density at radius 2 is 1.48 bits per heavy atom. The van der Waals surface area contributed by atoms with Crippen molar-refractivity contribution in [1.29, 1.82) is 0 Å². The van der Waals surface area contributed by atoms with Crippen molar-refractivity contribution in [2.24, 2.45) is 0 Å². The van der Waals surface area contributed by atoms with E-state index in [0.717, 1.165) is 43.6 Å². The number of carbonyl (C=O) groups excluding carboxylic acids is 1. The van der Waals surface area contributed by atoms with E-state index >= 15 is 0 Å². The van der Waals surface area contributed by atoms with Crippen LogP contribution in [-0.4, -0.2) is 30.6 Å². The summed E-state index contributed by atoms with van der Waals surface area (Å²) in [5, 5.41) is 11.1. The molecule has 0 unspecified atom stereocenters. The van der Waals surface area contributed by atoms with Crippen LogP contribution in [0.15, 0.2) is 24.3 Å². The lowest BCUT2D eigenvalue weighted by Crippen LogP contribution is -2.35. The maximum absolute atomic E-state index is 11.8. The second kappa shape index (κ2) is 14.3. The van der Waals surface area contributed by atoms with Gasteiger partial charge in [-0.25, -0.2) is 4.79 Å². The molecule has 1 fully saturated rings. The highest BCUT2D eigenvalue weighted by molar-refractivity contribution is 5.60. The first kappa shape index (κ1) is 25.5. The molecule has 1 saturated carbocycles. The molecule has 0 bridgehead atoms. The van der Waals surface area contributed by atoms with Gasteiger partial charge in [0.05, 0.1) is 18.8 Å². The predicted octanol–water partition coefficient (Wildman–Crippen LogP) is 6.90. The topological polar surface area (TPSA) is 65.0 Å². The highest BCUT2D eigenvalue weighted by atomic mass is 16.7. The van der Waals surface area contributed by atoms with Crippen LogP contribution in [0, 0.1) is 0 Å². The quantitative estimate of drug-likeness (QED) is 0.255. The molecular weight excluding hydrogens is 392 g/mol. The van der Waals surface area contributed by atoms with Crippen molar-refractivity contribution >= 4 is 6.16 Å². The molecule has 0 amide bonds. The minimum atomic E-state index is -0.872. The fourth-order valence-corrected chi connectivity index (χ4v) is 4.09. The summed E-state index contributed by atoms with van der Waals surface area (Å²) in [6.07, 6.45) is 12.1. The van der Waals surface area contributed by atoms with Crippen molar-refractivity contribution in [3.63, 3.8) is 0 Å². The van der Waals surface area contributed by atoms with Gasteiger partial charge in [0.15, 0.2) is 0 Å². The molecule has 0 spiro atoms. The van der Waals surface area contributed by atoms with Gasteiger partial charge in [-0.2, -0.15) is 0 Å². The van der Waals surface area contributed by atoms with E-state index in [9.17, 15) is 9.90 Å². The summed E-state index contributed by atoms with van der Waals surface area (Å²) in [5.41, 5.74) is 0.0305. The van der Waals surface area contributed by atoms with Crippen LogP contribution in [0.2, 0.25) is 0 Å². The largest absolute Gasteiger partial charge is 0.508 e. The Morgan fingerprint density at radius 1 is 0.903 bits per heavy atom. The van der Waals surface area contributed by atoms with Gasteiger partial charge in [-0.3, -0.25) is 0 Å². The van der Waals surface area contributed by atoms with Gasteiger partial charge < -0.3 is 19.3 Å². The lowest BCUT2D eigenvalue weighted by atomic mass is 9.78. The standard InChI is InChI=1S/C26H42O5/c1-3-5-7-8-9-11-20-29-23-14-12-22(13-15-23)26(28)18-16-24(17-19-26)31-25(27)30-21-10-6-4-2/h12-15,24,28H,3-11,16-21H2,1-2H3. The molecule has 0 radical (unpaired) electrons. The zero-order chi connectivity index (χ0) is 22.4. The fourth-order valence-electron chi connectivity index (χ4n) is 4.09. The van der Waals surface area contributed by atoms with Gasteiger partial charge in [-0.15, -0.1) is 0 Å². The second-order valence-corrected chi connectivity index (χ2v) is 8.79. The first-order valence-corrected chi connectivity index (χ1v) is 12.4. The third-order valence-corrected chi connectivity index (χ3v) is 6.15. The third-order valence-electron chi connectivity index (χ3n) is 6.15. The third kappa shape index (κ3) is 9.51. The predicted molar refractivity (Wildman–Crippen MR) is 123 cm³/mol. The molecule has 0 heterocycles. The average molecular weight is 435 g/mol. The number of benzene rings is 1. The highest BCUT2D eigenvalue weighted by Crippen LogP contribution is 2.38. The molecule has 1 aromatic carbocycles. The van der Waals surface area contributed by atoms with E-state index in [1.54, 1.807) is 0 Å². The molecule has 0 saturated heterocycles. The molecule has 176 valence electrons. The molecule has 1 N–H and O–H groups in total. The van der Waals surface area contributed by atoms with Crippen molar-refractivity contribution < 1.29 is 24.1 Å². The first-order valence-electron chi connectivity index (χ1n) is 12.4. The normalized spacial score (nSPS) is 20.9. The Kier molecular flexibility index (Phi) is 11.8. The van der Waals surface area contributed by atoms with Crippen LogP contribution in [0.4, 0.5) is 4.79 Å². The minimum absolute atomic E-state index is 0.182. The number of hydrogen-bond acceptors (Lipinski definition) is 5. The zero-order valence-electron chi connectivity index (χ0n) is 19.6. The SMILES string of the molecule is CCCCCCCCOc1ccc(C2(O)CCC(OC(=O)OCCCCC)CC2)cc1. The van der Waals surface area contributed by atoms with Crippen LogP contribution in [-0.2, 0) is 15.1 Å². The number of aliphatic hydroxyl groups is 1. The lowest BCUT2D eigenvalue weighted by molar-refractivity contribution is -0.0538. The van der Waals surface area contributed by atoms with E-state index in [0.29, 0.717) is 32.3 Å². The van der Waals surface area contributed by atoms with E-state index in [1.165, 1.54) is 32.1 Å². The molecule has 0 aromatic heterocycles. The van der Waals surface area contributed by atoms with E-state index in [2.05, 4.69) is 13.8 Å². The maximum atomic E-state index is 11.8. The number of carbonyl (C=O) groups is 1. The summed E-state index contributed by atoms with van der Waals surface area (Å²) in [5.74, 6) is 0.851. The Labute approximate surface area is 188 Å². The summed E-state index contributed by atoms with van der Waals surface area (Å²) in [6, 6.07) is 7.81. The summed E-state index contributed by atoms with van der Waals surface area (Å²) >= 11 is 0. The zero-order valence-corrected chi connectivity index (χ0v) is 19.6. The molecule has 0 aliphatic heterocycles. The molecule has 5 nitrogen and oxygen atoms in total. The van der Waals surface area contributed by atoms with Gasteiger partial charge in [0.2, 0.25) is 0 Å². The number of ether oxygens (including phenoxy) is 3. The molecule has 1 aliphatic rings. The molecule has 1 aromatic rings.